The van der Waals surface area contributed by atoms with Crippen LogP contribution >= 0.6 is 0 Å². The number of fused-ring (bicyclic) bond motifs is 2. The van der Waals surface area contributed by atoms with Gasteiger partial charge in [0.1, 0.15) is 0 Å². The predicted molar refractivity (Wildman–Crippen MR) is 243 cm³/mol. The molecule has 0 aliphatic rings. The molecule has 2 heterocycles. The van der Waals surface area contributed by atoms with E-state index in [9.17, 15) is 0 Å². The van der Waals surface area contributed by atoms with E-state index in [0.29, 0.717) is 0 Å². The number of hydrogen-bond acceptors (Lipinski definition) is 1. The largest absolute Gasteiger partial charge is 4.00 e. The van der Waals surface area contributed by atoms with E-state index in [-0.39, 0.29) is 36.7 Å². The third-order valence-electron chi connectivity index (χ3n) is 9.57. The van der Waals surface area contributed by atoms with Gasteiger partial charge in [-0.2, -0.15) is 73.9 Å². The number of benzene rings is 6. The fourth-order valence-electron chi connectivity index (χ4n) is 6.38. The SMILES string of the molecule is Cc1cnc(-c2ccc(-c3c4ccc(C(C)(C)C)cc4cc4ccc(C(C)(C)C)cc34)[n-]2)c(C)c1.[CH2-]c1ccccc1.[CH2-]c1ccccc1.[CH2-]c1ccccc1.[Hf+4]. The van der Waals surface area contributed by atoms with Crippen molar-refractivity contribution in [1.82, 2.24) is 9.97 Å². The van der Waals surface area contributed by atoms with Crippen molar-refractivity contribution in [2.45, 2.75) is 66.2 Å². The van der Waals surface area contributed by atoms with Crippen LogP contribution in [0.3, 0.4) is 0 Å². The van der Waals surface area contributed by atoms with Crippen molar-refractivity contribution in [3.05, 3.63) is 218 Å². The Balaban J connectivity index is 0.000000263. The smallest absolute Gasteiger partial charge is 0.656 e. The first-order valence-corrected chi connectivity index (χ1v) is 19.3. The summed E-state index contributed by atoms with van der Waals surface area (Å²) in [6.45, 7) is 29.0. The molecular weight excluding hydrogens is 855 g/mol. The summed E-state index contributed by atoms with van der Waals surface area (Å²) in [5, 5.41) is 5.01. The molecule has 0 radical (unpaired) electrons. The molecule has 0 amide bonds. The van der Waals surface area contributed by atoms with Crippen LogP contribution in [0.2, 0.25) is 0 Å². The van der Waals surface area contributed by atoms with Gasteiger partial charge in [0.05, 0.1) is 5.69 Å². The number of pyridine rings is 1. The Labute approximate surface area is 361 Å². The van der Waals surface area contributed by atoms with Crippen molar-refractivity contribution >= 4 is 21.5 Å². The van der Waals surface area contributed by atoms with Crippen LogP contribution < -0.4 is 4.98 Å². The van der Waals surface area contributed by atoms with Crippen LogP contribution in [0.15, 0.2) is 158 Å². The minimum atomic E-state index is 0. The molecule has 2 nitrogen and oxygen atoms in total. The summed E-state index contributed by atoms with van der Waals surface area (Å²) in [5.74, 6) is 0. The molecule has 3 heteroatoms. The van der Waals surface area contributed by atoms with E-state index in [1.54, 1.807) is 0 Å². The molecule has 0 aliphatic carbocycles. The van der Waals surface area contributed by atoms with Crippen LogP contribution in [0.4, 0.5) is 0 Å². The quantitative estimate of drug-likeness (QED) is 0.0982. The van der Waals surface area contributed by atoms with Crippen LogP contribution in [-0.4, -0.2) is 4.98 Å². The predicted octanol–water partition coefficient (Wildman–Crippen LogP) is 14.5. The van der Waals surface area contributed by atoms with Gasteiger partial charge < -0.3 is 4.98 Å². The third kappa shape index (κ3) is 12.4. The number of nitrogens with zero attached hydrogens (tertiary/aromatic N) is 2. The van der Waals surface area contributed by atoms with Crippen molar-refractivity contribution in [1.29, 1.82) is 0 Å². The van der Waals surface area contributed by atoms with Crippen LogP contribution in [0.25, 0.3) is 44.2 Å². The van der Waals surface area contributed by atoms with Crippen molar-refractivity contribution in [2.75, 3.05) is 0 Å². The van der Waals surface area contributed by atoms with E-state index in [0.717, 1.165) is 39.3 Å². The van der Waals surface area contributed by atoms with Gasteiger partial charge in [0.15, 0.2) is 0 Å². The zero-order valence-corrected chi connectivity index (χ0v) is 38.6. The van der Waals surface area contributed by atoms with Crippen LogP contribution in [0.1, 0.15) is 80.5 Å². The first-order chi connectivity index (χ1) is 26.6. The number of aryl methyl sites for hydroxylation is 2. The molecule has 286 valence electrons. The summed E-state index contributed by atoms with van der Waals surface area (Å²) in [4.78, 5) is 9.84. The molecule has 0 fully saturated rings. The minimum absolute atomic E-state index is 0. The second-order valence-electron chi connectivity index (χ2n) is 16.5. The topological polar surface area (TPSA) is 27.0 Å². The van der Waals surface area contributed by atoms with Crippen LogP contribution in [0, 0.1) is 34.6 Å². The van der Waals surface area contributed by atoms with E-state index in [1.807, 2.05) is 97.2 Å². The zero-order valence-electron chi connectivity index (χ0n) is 35.0. The molecular formula is C54H56HfN2. The molecule has 8 rings (SSSR count). The van der Waals surface area contributed by atoms with E-state index < -0.39 is 0 Å². The van der Waals surface area contributed by atoms with Gasteiger partial charge >= 0.3 is 25.8 Å². The molecule has 0 aliphatic heterocycles. The minimum Gasteiger partial charge on any atom is -0.656 e. The third-order valence-corrected chi connectivity index (χ3v) is 9.57. The van der Waals surface area contributed by atoms with Gasteiger partial charge in [0.2, 0.25) is 0 Å². The maximum atomic E-state index is 5.14. The molecule has 0 saturated heterocycles. The first-order valence-electron chi connectivity index (χ1n) is 19.3. The van der Waals surface area contributed by atoms with Crippen molar-refractivity contribution < 1.29 is 25.8 Å². The van der Waals surface area contributed by atoms with Crippen molar-refractivity contribution in [2.24, 2.45) is 0 Å². The Morgan fingerprint density at radius 2 is 0.947 bits per heavy atom. The number of aromatic nitrogens is 2. The Morgan fingerprint density at radius 3 is 1.40 bits per heavy atom. The Hall–Kier alpha value is -5.25. The monoisotopic (exact) mass is 912 g/mol. The van der Waals surface area contributed by atoms with E-state index >= 15 is 0 Å². The standard InChI is InChI=1S/C33H35N2.3C7H7.Hf/c1-20-15-21(2)31(34-19-20)29-14-13-28(35-29)30-26-12-11-24(32(3,4)5)17-23(26)16-22-9-10-25(18-27(22)30)33(6,7)8;3*1-7-5-3-2-4-6-7;/h9-19H,1-8H3;3*2-6H,1H2;/q4*-1;+4. The fourth-order valence-corrected chi connectivity index (χ4v) is 6.38. The van der Waals surface area contributed by atoms with Gasteiger partial charge in [-0.3, -0.25) is 4.98 Å². The maximum Gasteiger partial charge on any atom is 4.00 e. The zero-order chi connectivity index (χ0) is 40.5. The molecule has 0 unspecified atom stereocenters. The molecule has 0 saturated carbocycles. The second-order valence-corrected chi connectivity index (χ2v) is 16.5. The summed E-state index contributed by atoms with van der Waals surface area (Å²) < 4.78 is 0. The molecule has 0 spiro atoms. The van der Waals surface area contributed by atoms with E-state index in [4.69, 9.17) is 9.97 Å². The average Bonchev–Trinajstić information content (AvgIpc) is 3.64. The van der Waals surface area contributed by atoms with E-state index in [1.165, 1.54) is 43.8 Å². The Bertz CT molecular complexity index is 2380. The average molecular weight is 912 g/mol. The Kier molecular flexibility index (Phi) is 15.4. The first kappa shape index (κ1) is 44.5. The maximum absolute atomic E-state index is 5.14. The number of rotatable bonds is 2. The molecule has 6 aromatic carbocycles. The second kappa shape index (κ2) is 19.7. The van der Waals surface area contributed by atoms with Crippen molar-refractivity contribution in [3.63, 3.8) is 0 Å². The summed E-state index contributed by atoms with van der Waals surface area (Å²) in [7, 11) is 0. The normalized spacial score (nSPS) is 10.9. The molecule has 57 heavy (non-hydrogen) atoms. The fraction of sp³-hybridized carbons (Fsp3) is 0.185. The van der Waals surface area contributed by atoms with Gasteiger partial charge in [-0.25, -0.2) is 0 Å². The summed E-state index contributed by atoms with van der Waals surface area (Å²) >= 11 is 0. The van der Waals surface area contributed by atoms with Gasteiger partial charge in [0.25, 0.3) is 0 Å². The molecule has 2 aromatic heterocycles. The summed E-state index contributed by atoms with van der Waals surface area (Å²) in [5.41, 5.74) is 12.5. The van der Waals surface area contributed by atoms with Gasteiger partial charge in [-0.15, -0.1) is 47.8 Å². The van der Waals surface area contributed by atoms with Gasteiger partial charge in [0, 0.05) is 6.20 Å². The molecule has 8 aromatic rings. The molecule has 0 atom stereocenters. The van der Waals surface area contributed by atoms with Crippen molar-refractivity contribution in [3.8, 4) is 22.6 Å². The van der Waals surface area contributed by atoms with Gasteiger partial charge in [-0.05, 0) is 80.1 Å². The summed E-state index contributed by atoms with van der Waals surface area (Å²) in [6.07, 6.45) is 1.92. The van der Waals surface area contributed by atoms with Crippen LogP contribution in [-0.2, 0) is 36.7 Å². The number of hydrogen-bond donors (Lipinski definition) is 0. The molecule has 0 N–H and O–H groups in total. The van der Waals surface area contributed by atoms with Gasteiger partial charge in [-0.1, -0.05) is 114 Å². The molecule has 0 bridgehead atoms. The van der Waals surface area contributed by atoms with E-state index in [2.05, 4.69) is 137 Å². The van der Waals surface area contributed by atoms with Crippen LogP contribution in [0.5, 0.6) is 0 Å². The Morgan fingerprint density at radius 1 is 0.474 bits per heavy atom. The summed E-state index contributed by atoms with van der Waals surface area (Å²) in [6, 6.07) is 52.2.